The monoisotopic (exact) mass is 889 g/mol. The van der Waals surface area contributed by atoms with Gasteiger partial charge >= 0.3 is 0 Å². The molecule has 0 saturated carbocycles. The van der Waals surface area contributed by atoms with Gasteiger partial charge in [-0.05, 0) is 131 Å². The van der Waals surface area contributed by atoms with Crippen molar-refractivity contribution >= 4 is 65.7 Å². The Labute approximate surface area is 399 Å². The summed E-state index contributed by atoms with van der Waals surface area (Å²) in [5.74, 6) is 0.706. The topological polar surface area (TPSA) is 66.3 Å². The SMILES string of the molecule is Cc1cc(C)c(-c2cc(-c3cc(-n4c5ccccc5c5ccccc54)c(-n4c5cccnc5c5ncccc54)c(-n4c5ccccc5c5ccccc54)c3)nc(-c3c(C)cc(C)cc3C)n2)c(C)c1. The molecule has 7 aromatic carbocycles. The average Bonchev–Trinajstić information content (AvgIpc) is 3.99. The Kier molecular flexibility index (Phi) is 9.08. The summed E-state index contributed by atoms with van der Waals surface area (Å²) in [4.78, 5) is 21.2. The zero-order chi connectivity index (χ0) is 46.7. The molecule has 69 heavy (non-hydrogen) atoms. The maximum Gasteiger partial charge on any atom is 0.160 e. The Morgan fingerprint density at radius 1 is 0.348 bits per heavy atom. The van der Waals surface area contributed by atoms with Gasteiger partial charge in [0.2, 0.25) is 0 Å². The van der Waals surface area contributed by atoms with E-state index in [9.17, 15) is 0 Å². The molecule has 13 aromatic rings. The number of pyridine rings is 2. The van der Waals surface area contributed by atoms with Crippen molar-refractivity contribution in [3.8, 4) is 51.0 Å². The third-order valence-electron chi connectivity index (χ3n) is 14.1. The smallest absolute Gasteiger partial charge is 0.160 e. The van der Waals surface area contributed by atoms with Crippen molar-refractivity contribution in [2.75, 3.05) is 0 Å². The van der Waals surface area contributed by atoms with Crippen molar-refractivity contribution < 1.29 is 0 Å². The minimum Gasteiger partial charge on any atom is -0.307 e. The molecule has 0 unspecified atom stereocenters. The summed E-state index contributed by atoms with van der Waals surface area (Å²) < 4.78 is 7.30. The van der Waals surface area contributed by atoms with Gasteiger partial charge in [-0.25, -0.2) is 9.97 Å². The molecule has 6 aromatic heterocycles. The van der Waals surface area contributed by atoms with Gasteiger partial charge in [-0.15, -0.1) is 0 Å². The maximum atomic E-state index is 5.66. The number of hydrogen-bond acceptors (Lipinski definition) is 4. The van der Waals surface area contributed by atoms with E-state index in [2.05, 4.69) is 207 Å². The summed E-state index contributed by atoms with van der Waals surface area (Å²) >= 11 is 0. The summed E-state index contributed by atoms with van der Waals surface area (Å²) in [6, 6.07) is 59.4. The molecule has 7 nitrogen and oxygen atoms in total. The van der Waals surface area contributed by atoms with Gasteiger partial charge in [0.1, 0.15) is 11.0 Å². The Bertz CT molecular complexity index is 3860. The largest absolute Gasteiger partial charge is 0.307 e. The number of para-hydroxylation sites is 4. The Morgan fingerprint density at radius 2 is 0.725 bits per heavy atom. The first-order valence-corrected chi connectivity index (χ1v) is 23.6. The molecule has 0 fully saturated rings. The van der Waals surface area contributed by atoms with Crippen molar-refractivity contribution in [1.82, 2.24) is 33.6 Å². The standard InChI is InChI=1S/C62H47N7/c1-36-29-38(3)57(39(4)30-36)48-35-47(65-62(66-48)58-40(5)31-37(2)32-41(58)6)42-33-55(67-49-21-11-7-17-43(49)44-18-8-12-22-50(44)67)61(69-53-25-15-27-63-59(53)60-54(69)26-16-28-64-60)56(34-42)68-51-23-13-9-19-45(51)46-20-10-14-24-52(46)68/h7-35H,1-6H3. The minimum absolute atomic E-state index is 0.706. The molecule has 0 saturated heterocycles. The van der Waals surface area contributed by atoms with Crippen LogP contribution >= 0.6 is 0 Å². The van der Waals surface area contributed by atoms with Crippen molar-refractivity contribution in [2.24, 2.45) is 0 Å². The fraction of sp³-hybridized carbons (Fsp3) is 0.0968. The molecule has 0 radical (unpaired) electrons. The van der Waals surface area contributed by atoms with Gasteiger partial charge in [0.15, 0.2) is 5.82 Å². The van der Waals surface area contributed by atoms with Gasteiger partial charge < -0.3 is 13.7 Å². The Hall–Kier alpha value is -8.68. The molecule has 330 valence electrons. The fourth-order valence-corrected chi connectivity index (χ4v) is 11.5. The highest BCUT2D eigenvalue weighted by Gasteiger charge is 2.28. The fourth-order valence-electron chi connectivity index (χ4n) is 11.5. The van der Waals surface area contributed by atoms with E-state index >= 15 is 0 Å². The first-order chi connectivity index (χ1) is 33.7. The van der Waals surface area contributed by atoms with Crippen molar-refractivity contribution in [3.63, 3.8) is 0 Å². The lowest BCUT2D eigenvalue weighted by Gasteiger charge is -2.24. The van der Waals surface area contributed by atoms with Crippen LogP contribution in [0.5, 0.6) is 0 Å². The average molecular weight is 890 g/mol. The Balaban J connectivity index is 1.26. The van der Waals surface area contributed by atoms with E-state index in [0.29, 0.717) is 5.82 Å². The van der Waals surface area contributed by atoms with Crippen molar-refractivity contribution in [3.05, 3.63) is 210 Å². The molecular formula is C62H47N7. The predicted octanol–water partition coefficient (Wildman–Crippen LogP) is 15.4. The summed E-state index contributed by atoms with van der Waals surface area (Å²) in [5, 5.41) is 4.71. The van der Waals surface area contributed by atoms with E-state index in [1.165, 1.54) is 43.8 Å². The van der Waals surface area contributed by atoms with Gasteiger partial charge in [-0.3, -0.25) is 9.97 Å². The van der Waals surface area contributed by atoms with Crippen LogP contribution in [-0.4, -0.2) is 33.6 Å². The predicted molar refractivity (Wildman–Crippen MR) is 285 cm³/mol. The number of aryl methyl sites for hydroxylation is 6. The summed E-state index contributed by atoms with van der Waals surface area (Å²) in [6.07, 6.45) is 3.73. The van der Waals surface area contributed by atoms with Gasteiger partial charge in [-0.1, -0.05) is 108 Å². The lowest BCUT2D eigenvalue weighted by molar-refractivity contribution is 1.05. The van der Waals surface area contributed by atoms with E-state index in [1.54, 1.807) is 0 Å². The van der Waals surface area contributed by atoms with E-state index in [0.717, 1.165) is 100 Å². The molecular weight excluding hydrogens is 843 g/mol. The van der Waals surface area contributed by atoms with Gasteiger partial charge in [0.05, 0.1) is 61.6 Å². The summed E-state index contributed by atoms with van der Waals surface area (Å²) in [6.45, 7) is 13.1. The van der Waals surface area contributed by atoms with E-state index < -0.39 is 0 Å². The van der Waals surface area contributed by atoms with E-state index in [4.69, 9.17) is 19.9 Å². The van der Waals surface area contributed by atoms with E-state index in [1.807, 2.05) is 24.5 Å². The number of benzene rings is 7. The second kappa shape index (κ2) is 15.4. The van der Waals surface area contributed by atoms with Crippen LogP contribution in [0.4, 0.5) is 0 Å². The molecule has 0 aliphatic heterocycles. The normalized spacial score (nSPS) is 11.9. The van der Waals surface area contributed by atoms with Crippen LogP contribution in [0, 0.1) is 41.5 Å². The number of fused-ring (bicyclic) bond motifs is 9. The van der Waals surface area contributed by atoms with Crippen LogP contribution in [0.1, 0.15) is 33.4 Å². The quantitative estimate of drug-likeness (QED) is 0.167. The second-order valence-corrected chi connectivity index (χ2v) is 18.7. The number of aromatic nitrogens is 7. The van der Waals surface area contributed by atoms with E-state index in [-0.39, 0.29) is 0 Å². The van der Waals surface area contributed by atoms with Crippen LogP contribution in [0.2, 0.25) is 0 Å². The first kappa shape index (κ1) is 40.6. The number of nitrogens with zero attached hydrogens (tertiary/aromatic N) is 7. The zero-order valence-electron chi connectivity index (χ0n) is 39.4. The molecule has 7 heteroatoms. The van der Waals surface area contributed by atoms with Crippen molar-refractivity contribution in [2.45, 2.75) is 41.5 Å². The summed E-state index contributed by atoms with van der Waals surface area (Å²) in [7, 11) is 0. The maximum absolute atomic E-state index is 5.66. The molecule has 0 amide bonds. The molecule has 0 atom stereocenters. The molecule has 0 aliphatic carbocycles. The first-order valence-electron chi connectivity index (χ1n) is 23.6. The highest BCUT2D eigenvalue weighted by molar-refractivity contribution is 6.13. The van der Waals surface area contributed by atoms with Crippen LogP contribution < -0.4 is 0 Å². The molecule has 0 spiro atoms. The van der Waals surface area contributed by atoms with Crippen LogP contribution in [-0.2, 0) is 0 Å². The highest BCUT2D eigenvalue weighted by atomic mass is 15.1. The number of hydrogen-bond donors (Lipinski definition) is 0. The van der Waals surface area contributed by atoms with Gasteiger partial charge in [0, 0.05) is 50.6 Å². The van der Waals surface area contributed by atoms with Gasteiger partial charge in [0.25, 0.3) is 0 Å². The second-order valence-electron chi connectivity index (χ2n) is 18.7. The lowest BCUT2D eigenvalue weighted by atomic mass is 9.95. The number of rotatable bonds is 6. The van der Waals surface area contributed by atoms with Crippen LogP contribution in [0.15, 0.2) is 176 Å². The molecule has 13 rings (SSSR count). The van der Waals surface area contributed by atoms with Crippen LogP contribution in [0.3, 0.4) is 0 Å². The summed E-state index contributed by atoms with van der Waals surface area (Å²) in [5.41, 5.74) is 22.9. The third-order valence-corrected chi connectivity index (χ3v) is 14.1. The van der Waals surface area contributed by atoms with Crippen LogP contribution in [0.25, 0.3) is 117 Å². The van der Waals surface area contributed by atoms with Gasteiger partial charge in [-0.2, -0.15) is 0 Å². The molecule has 0 bridgehead atoms. The molecule has 0 N–H and O–H groups in total. The zero-order valence-corrected chi connectivity index (χ0v) is 39.4. The molecule has 6 heterocycles. The third kappa shape index (κ3) is 6.20. The van der Waals surface area contributed by atoms with Crippen molar-refractivity contribution in [1.29, 1.82) is 0 Å². The molecule has 0 aliphatic rings. The minimum atomic E-state index is 0.706. The highest BCUT2D eigenvalue weighted by Crippen LogP contribution is 2.45. The lowest BCUT2D eigenvalue weighted by Crippen LogP contribution is -2.10. The Morgan fingerprint density at radius 3 is 1.16 bits per heavy atom.